The van der Waals surface area contributed by atoms with Crippen molar-refractivity contribution >= 4 is 21.7 Å². The molecule has 0 aromatic heterocycles. The first-order chi connectivity index (χ1) is 9.38. The molecular formula is C12H18N2O5S. The van der Waals surface area contributed by atoms with E-state index in [4.69, 9.17) is 10.5 Å². The monoisotopic (exact) mass is 302 g/mol. The summed E-state index contributed by atoms with van der Waals surface area (Å²) in [4.78, 5) is 10.9. The van der Waals surface area contributed by atoms with Crippen LogP contribution in [-0.4, -0.2) is 34.4 Å². The Bertz CT molecular complexity index is 571. The van der Waals surface area contributed by atoms with Crippen LogP contribution in [0.3, 0.4) is 0 Å². The highest BCUT2D eigenvalue weighted by Crippen LogP contribution is 2.20. The van der Waals surface area contributed by atoms with Gasteiger partial charge in [-0.25, -0.2) is 13.1 Å². The molecule has 1 rings (SSSR count). The second-order valence-electron chi connectivity index (χ2n) is 4.04. The van der Waals surface area contributed by atoms with Crippen LogP contribution >= 0.6 is 0 Å². The van der Waals surface area contributed by atoms with Crippen molar-refractivity contribution < 1.29 is 22.7 Å². The molecule has 7 nitrogen and oxygen atoms in total. The maximum atomic E-state index is 11.7. The van der Waals surface area contributed by atoms with Gasteiger partial charge in [-0.05, 0) is 18.2 Å². The number of anilines is 1. The first-order valence-electron chi connectivity index (χ1n) is 5.84. The molecule has 1 aromatic rings. The number of esters is 1. The fourth-order valence-corrected chi connectivity index (χ4v) is 2.47. The highest BCUT2D eigenvalue weighted by atomic mass is 32.2. The highest BCUT2D eigenvalue weighted by molar-refractivity contribution is 7.89. The summed E-state index contributed by atoms with van der Waals surface area (Å²) >= 11 is 0. The molecule has 0 bridgehead atoms. The smallest absolute Gasteiger partial charge is 0.306 e. The molecule has 0 amide bonds. The Balaban J connectivity index is 2.66. The first kappa shape index (κ1) is 16.3. The van der Waals surface area contributed by atoms with Crippen molar-refractivity contribution in [1.29, 1.82) is 0 Å². The van der Waals surface area contributed by atoms with Gasteiger partial charge in [0.15, 0.2) is 0 Å². The van der Waals surface area contributed by atoms with E-state index in [1.54, 1.807) is 18.2 Å². The van der Waals surface area contributed by atoms with Crippen molar-refractivity contribution in [2.45, 2.75) is 13.0 Å². The minimum absolute atomic E-state index is 0.0394. The zero-order chi connectivity index (χ0) is 15.2. The number of carbonyl (C=O) groups is 1. The fraction of sp³-hybridized carbons (Fsp3) is 0.417. The molecule has 0 aliphatic rings. The van der Waals surface area contributed by atoms with Crippen LogP contribution in [0.4, 0.5) is 5.69 Å². The molecular weight excluding hydrogens is 284 g/mol. The van der Waals surface area contributed by atoms with Crippen molar-refractivity contribution in [3.63, 3.8) is 0 Å². The summed E-state index contributed by atoms with van der Waals surface area (Å²) in [6, 6.07) is 4.95. The number of nitrogens with one attached hydrogen (secondary N) is 1. The van der Waals surface area contributed by atoms with E-state index in [1.165, 1.54) is 14.2 Å². The molecule has 0 spiro atoms. The fourth-order valence-electron chi connectivity index (χ4n) is 1.52. The molecule has 0 atom stereocenters. The van der Waals surface area contributed by atoms with Crippen molar-refractivity contribution in [3.8, 4) is 5.75 Å². The van der Waals surface area contributed by atoms with Gasteiger partial charge in [-0.3, -0.25) is 4.79 Å². The lowest BCUT2D eigenvalue weighted by Crippen LogP contribution is -2.27. The predicted molar refractivity (Wildman–Crippen MR) is 74.7 cm³/mol. The Morgan fingerprint density at radius 3 is 2.65 bits per heavy atom. The standard InChI is InChI=1S/C12H18N2O5S/c1-18-11-4-3-10(13)7-9(11)8-14-20(16,17)6-5-12(15)19-2/h3-4,7,14H,5-6,8,13H2,1-2H3. The Kier molecular flexibility index (Phi) is 5.78. The van der Waals surface area contributed by atoms with Gasteiger partial charge in [0.2, 0.25) is 10.0 Å². The molecule has 112 valence electrons. The average Bonchev–Trinajstić information content (AvgIpc) is 2.43. The Morgan fingerprint density at radius 1 is 1.35 bits per heavy atom. The summed E-state index contributed by atoms with van der Waals surface area (Å²) < 4.78 is 35.3. The molecule has 3 N–H and O–H groups in total. The number of benzene rings is 1. The summed E-state index contributed by atoms with van der Waals surface area (Å²) in [5.74, 6) is -0.364. The molecule has 8 heteroatoms. The average molecular weight is 302 g/mol. The molecule has 1 aromatic carbocycles. The van der Waals surface area contributed by atoms with Gasteiger partial charge in [-0.15, -0.1) is 0 Å². The van der Waals surface area contributed by atoms with E-state index in [0.717, 1.165) is 0 Å². The SMILES string of the molecule is COC(=O)CCS(=O)(=O)NCc1cc(N)ccc1OC. The van der Waals surface area contributed by atoms with E-state index in [1.807, 2.05) is 0 Å². The number of methoxy groups -OCH3 is 2. The zero-order valence-corrected chi connectivity index (χ0v) is 12.2. The molecule has 0 fully saturated rings. The molecule has 20 heavy (non-hydrogen) atoms. The van der Waals surface area contributed by atoms with Crippen LogP contribution in [0.1, 0.15) is 12.0 Å². The van der Waals surface area contributed by atoms with Crippen molar-refractivity contribution in [1.82, 2.24) is 4.72 Å². The number of hydrogen-bond acceptors (Lipinski definition) is 6. The summed E-state index contributed by atoms with van der Waals surface area (Å²) in [6.45, 7) is 0.0394. The highest BCUT2D eigenvalue weighted by Gasteiger charge is 2.14. The van der Waals surface area contributed by atoms with E-state index in [0.29, 0.717) is 17.0 Å². The maximum absolute atomic E-state index is 11.7. The number of ether oxygens (including phenoxy) is 2. The van der Waals surface area contributed by atoms with Gasteiger partial charge in [-0.2, -0.15) is 0 Å². The van der Waals surface area contributed by atoms with E-state index in [2.05, 4.69) is 9.46 Å². The van der Waals surface area contributed by atoms with Gasteiger partial charge in [0.25, 0.3) is 0 Å². The normalized spacial score (nSPS) is 11.1. The van der Waals surface area contributed by atoms with Crippen LogP contribution in [0.2, 0.25) is 0 Å². The van der Waals surface area contributed by atoms with Crippen LogP contribution in [-0.2, 0) is 26.1 Å². The number of nitrogens with two attached hydrogens (primary N) is 1. The second kappa shape index (κ2) is 7.11. The number of hydrogen-bond donors (Lipinski definition) is 2. The van der Waals surface area contributed by atoms with Gasteiger partial charge in [-0.1, -0.05) is 0 Å². The van der Waals surface area contributed by atoms with Crippen molar-refractivity contribution in [3.05, 3.63) is 23.8 Å². The lowest BCUT2D eigenvalue weighted by atomic mass is 10.2. The van der Waals surface area contributed by atoms with Crippen LogP contribution in [0.5, 0.6) is 5.75 Å². The third kappa shape index (κ3) is 5.06. The maximum Gasteiger partial charge on any atom is 0.306 e. The van der Waals surface area contributed by atoms with Crippen molar-refractivity contribution in [2.24, 2.45) is 0 Å². The topological polar surface area (TPSA) is 108 Å². The van der Waals surface area contributed by atoms with Crippen molar-refractivity contribution in [2.75, 3.05) is 25.7 Å². The Hall–Kier alpha value is -1.80. The van der Waals surface area contributed by atoms with Gasteiger partial charge in [0.05, 0.1) is 26.4 Å². The van der Waals surface area contributed by atoms with Crippen LogP contribution in [0, 0.1) is 0 Å². The number of rotatable bonds is 7. The molecule has 0 heterocycles. The number of sulfonamides is 1. The van der Waals surface area contributed by atoms with Crippen LogP contribution in [0.15, 0.2) is 18.2 Å². The van der Waals surface area contributed by atoms with E-state index < -0.39 is 16.0 Å². The molecule has 0 saturated heterocycles. The van der Waals surface area contributed by atoms with E-state index >= 15 is 0 Å². The predicted octanol–water partition coefficient (Wildman–Crippen LogP) is 0.260. The summed E-state index contributed by atoms with van der Waals surface area (Å²) in [5, 5.41) is 0. The lowest BCUT2D eigenvalue weighted by molar-refractivity contribution is -0.140. The zero-order valence-electron chi connectivity index (χ0n) is 11.4. The quantitative estimate of drug-likeness (QED) is 0.552. The van der Waals surface area contributed by atoms with Crippen LogP contribution < -0.4 is 15.2 Å². The third-order valence-electron chi connectivity index (χ3n) is 2.59. The summed E-state index contributed by atoms with van der Waals surface area (Å²) in [7, 11) is -0.875. The van der Waals surface area contributed by atoms with Gasteiger partial charge >= 0.3 is 5.97 Å². The van der Waals surface area contributed by atoms with Gasteiger partial charge in [0.1, 0.15) is 5.75 Å². The van der Waals surface area contributed by atoms with E-state index in [-0.39, 0.29) is 18.7 Å². The molecule has 0 aliphatic carbocycles. The molecule has 0 saturated carbocycles. The van der Waals surface area contributed by atoms with Crippen LogP contribution in [0.25, 0.3) is 0 Å². The summed E-state index contributed by atoms with van der Waals surface area (Å²) in [5.41, 5.74) is 6.77. The third-order valence-corrected chi connectivity index (χ3v) is 3.92. The molecule has 0 unspecified atom stereocenters. The lowest BCUT2D eigenvalue weighted by Gasteiger charge is -2.10. The minimum atomic E-state index is -3.57. The number of carbonyl (C=O) groups excluding carboxylic acids is 1. The largest absolute Gasteiger partial charge is 0.496 e. The molecule has 0 radical (unpaired) electrons. The minimum Gasteiger partial charge on any atom is -0.496 e. The Labute approximate surface area is 118 Å². The van der Waals surface area contributed by atoms with Gasteiger partial charge < -0.3 is 15.2 Å². The second-order valence-corrected chi connectivity index (χ2v) is 5.96. The van der Waals surface area contributed by atoms with Gasteiger partial charge in [0, 0.05) is 17.8 Å². The molecule has 0 aliphatic heterocycles. The van der Waals surface area contributed by atoms with E-state index in [9.17, 15) is 13.2 Å². The Morgan fingerprint density at radius 2 is 2.05 bits per heavy atom. The summed E-state index contributed by atoms with van der Waals surface area (Å²) in [6.07, 6.45) is -0.195. The first-order valence-corrected chi connectivity index (χ1v) is 7.49. The number of nitrogen functional groups attached to an aromatic ring is 1.